The Balaban J connectivity index is 1.41. The second kappa shape index (κ2) is 6.84. The highest BCUT2D eigenvalue weighted by molar-refractivity contribution is 5.74. The molecule has 0 radical (unpaired) electrons. The molecule has 0 spiro atoms. The first-order chi connectivity index (χ1) is 8.34. The van der Waals surface area contributed by atoms with Gasteiger partial charge in [0.1, 0.15) is 0 Å². The van der Waals surface area contributed by atoms with E-state index in [1.807, 2.05) is 0 Å². The van der Waals surface area contributed by atoms with E-state index in [1.165, 1.54) is 32.1 Å². The van der Waals surface area contributed by atoms with Crippen LogP contribution in [0.2, 0.25) is 0 Å². The van der Waals surface area contributed by atoms with Gasteiger partial charge in [-0.05, 0) is 32.1 Å². The molecule has 4 nitrogen and oxygen atoms in total. The third-order valence-electron chi connectivity index (χ3n) is 3.42. The molecule has 2 aliphatic rings. The van der Waals surface area contributed by atoms with Gasteiger partial charge in [0.05, 0.1) is 6.10 Å². The Bertz CT molecular complexity index is 236. The standard InChI is InChI=1S/C13H24N2O2/c16-13(15-11-7-8-11)14-9-4-10-17-12-5-2-1-3-6-12/h11-12H,1-10H2,(H2,14,15,16). The van der Waals surface area contributed by atoms with Gasteiger partial charge in [-0.15, -0.1) is 0 Å². The molecule has 0 aromatic rings. The predicted molar refractivity (Wildman–Crippen MR) is 67.0 cm³/mol. The normalized spacial score (nSPS) is 21.2. The molecule has 0 unspecified atom stereocenters. The number of amides is 2. The highest BCUT2D eigenvalue weighted by Crippen LogP contribution is 2.20. The number of hydrogen-bond donors (Lipinski definition) is 2. The minimum atomic E-state index is -0.0230. The average Bonchev–Trinajstić information content (AvgIpc) is 3.14. The summed E-state index contributed by atoms with van der Waals surface area (Å²) in [7, 11) is 0. The molecule has 0 aromatic heterocycles. The van der Waals surface area contributed by atoms with E-state index in [0.717, 1.165) is 25.9 Å². The summed E-state index contributed by atoms with van der Waals surface area (Å²) >= 11 is 0. The van der Waals surface area contributed by atoms with Crippen molar-refractivity contribution < 1.29 is 9.53 Å². The van der Waals surface area contributed by atoms with E-state index < -0.39 is 0 Å². The average molecular weight is 240 g/mol. The van der Waals surface area contributed by atoms with E-state index >= 15 is 0 Å². The summed E-state index contributed by atoms with van der Waals surface area (Å²) in [4.78, 5) is 11.3. The summed E-state index contributed by atoms with van der Waals surface area (Å²) in [5, 5.41) is 5.76. The fraction of sp³-hybridized carbons (Fsp3) is 0.923. The van der Waals surface area contributed by atoms with E-state index in [2.05, 4.69) is 10.6 Å². The molecule has 2 amide bonds. The Morgan fingerprint density at radius 3 is 2.59 bits per heavy atom. The molecule has 2 rings (SSSR count). The van der Waals surface area contributed by atoms with Gasteiger partial charge in [-0.25, -0.2) is 4.79 Å². The van der Waals surface area contributed by atoms with Crippen molar-refractivity contribution in [2.24, 2.45) is 0 Å². The summed E-state index contributed by atoms with van der Waals surface area (Å²) in [6.07, 6.45) is 10.1. The summed E-state index contributed by atoms with van der Waals surface area (Å²) < 4.78 is 5.79. The lowest BCUT2D eigenvalue weighted by molar-refractivity contribution is 0.0275. The van der Waals surface area contributed by atoms with Crippen molar-refractivity contribution in [1.29, 1.82) is 0 Å². The topological polar surface area (TPSA) is 50.4 Å². The van der Waals surface area contributed by atoms with Gasteiger partial charge in [0.15, 0.2) is 0 Å². The van der Waals surface area contributed by atoms with Crippen LogP contribution in [0.5, 0.6) is 0 Å². The van der Waals surface area contributed by atoms with Crippen LogP contribution in [0.4, 0.5) is 4.79 Å². The van der Waals surface area contributed by atoms with Crippen LogP contribution in [0, 0.1) is 0 Å². The first-order valence-electron chi connectivity index (χ1n) is 7.00. The van der Waals surface area contributed by atoms with Crippen LogP contribution < -0.4 is 10.6 Å². The fourth-order valence-electron chi connectivity index (χ4n) is 2.22. The Morgan fingerprint density at radius 1 is 1.12 bits per heavy atom. The van der Waals surface area contributed by atoms with Crippen molar-refractivity contribution in [2.45, 2.75) is 63.5 Å². The molecule has 2 aliphatic carbocycles. The molecule has 0 atom stereocenters. The molecular formula is C13H24N2O2. The Labute approximate surface area is 103 Å². The van der Waals surface area contributed by atoms with Crippen molar-refractivity contribution in [3.8, 4) is 0 Å². The van der Waals surface area contributed by atoms with Gasteiger partial charge >= 0.3 is 6.03 Å². The third kappa shape index (κ3) is 5.39. The zero-order valence-corrected chi connectivity index (χ0v) is 10.5. The lowest BCUT2D eigenvalue weighted by atomic mass is 9.98. The summed E-state index contributed by atoms with van der Waals surface area (Å²) in [5.41, 5.74) is 0. The van der Waals surface area contributed by atoms with Crippen LogP contribution in [0.1, 0.15) is 51.4 Å². The molecule has 2 N–H and O–H groups in total. The molecule has 2 fully saturated rings. The molecule has 17 heavy (non-hydrogen) atoms. The van der Waals surface area contributed by atoms with Crippen LogP contribution in [-0.4, -0.2) is 31.3 Å². The second-order valence-electron chi connectivity index (χ2n) is 5.16. The van der Waals surface area contributed by atoms with Crippen LogP contribution >= 0.6 is 0 Å². The Kier molecular flexibility index (Phi) is 5.10. The molecular weight excluding hydrogens is 216 g/mol. The van der Waals surface area contributed by atoms with E-state index in [9.17, 15) is 4.79 Å². The van der Waals surface area contributed by atoms with Gasteiger partial charge in [0, 0.05) is 19.2 Å². The van der Waals surface area contributed by atoms with Crippen molar-refractivity contribution in [3.05, 3.63) is 0 Å². The minimum absolute atomic E-state index is 0.0230. The summed E-state index contributed by atoms with van der Waals surface area (Å²) in [5.74, 6) is 0. The highest BCUT2D eigenvalue weighted by Gasteiger charge is 2.22. The van der Waals surface area contributed by atoms with Crippen molar-refractivity contribution in [3.63, 3.8) is 0 Å². The lowest BCUT2D eigenvalue weighted by Crippen LogP contribution is -2.37. The first kappa shape index (κ1) is 12.7. The van der Waals surface area contributed by atoms with Gasteiger partial charge in [-0.2, -0.15) is 0 Å². The first-order valence-corrected chi connectivity index (χ1v) is 7.00. The van der Waals surface area contributed by atoms with Gasteiger partial charge in [0.2, 0.25) is 0 Å². The SMILES string of the molecule is O=C(NCCCOC1CCCCC1)NC1CC1. The van der Waals surface area contributed by atoms with Gasteiger partial charge < -0.3 is 15.4 Å². The van der Waals surface area contributed by atoms with Crippen LogP contribution in [0.3, 0.4) is 0 Å². The highest BCUT2D eigenvalue weighted by atomic mass is 16.5. The number of nitrogens with one attached hydrogen (secondary N) is 2. The van der Waals surface area contributed by atoms with Crippen LogP contribution in [0.25, 0.3) is 0 Å². The molecule has 4 heteroatoms. The quantitative estimate of drug-likeness (QED) is 0.699. The Hall–Kier alpha value is -0.770. The summed E-state index contributed by atoms with van der Waals surface area (Å²) in [6.45, 7) is 1.49. The van der Waals surface area contributed by atoms with Crippen molar-refractivity contribution in [1.82, 2.24) is 10.6 Å². The third-order valence-corrected chi connectivity index (χ3v) is 3.42. The minimum Gasteiger partial charge on any atom is -0.378 e. The number of carbonyl (C=O) groups excluding carboxylic acids is 1. The van der Waals surface area contributed by atoms with E-state index in [0.29, 0.717) is 18.7 Å². The zero-order chi connectivity index (χ0) is 11.9. The summed E-state index contributed by atoms with van der Waals surface area (Å²) in [6, 6.07) is 0.415. The number of rotatable bonds is 6. The maximum atomic E-state index is 11.3. The van der Waals surface area contributed by atoms with E-state index in [-0.39, 0.29) is 6.03 Å². The van der Waals surface area contributed by atoms with Crippen molar-refractivity contribution >= 4 is 6.03 Å². The molecule has 0 bridgehead atoms. The second-order valence-corrected chi connectivity index (χ2v) is 5.16. The van der Waals surface area contributed by atoms with Crippen molar-refractivity contribution in [2.75, 3.05) is 13.2 Å². The monoisotopic (exact) mass is 240 g/mol. The number of urea groups is 1. The molecule has 98 valence electrons. The van der Waals surface area contributed by atoms with Crippen LogP contribution in [0.15, 0.2) is 0 Å². The number of ether oxygens (including phenoxy) is 1. The lowest BCUT2D eigenvalue weighted by Gasteiger charge is -2.21. The molecule has 2 saturated carbocycles. The predicted octanol–water partition coefficient (Wildman–Crippen LogP) is 2.19. The largest absolute Gasteiger partial charge is 0.378 e. The zero-order valence-electron chi connectivity index (χ0n) is 10.5. The molecule has 0 heterocycles. The van der Waals surface area contributed by atoms with Gasteiger partial charge in [0.25, 0.3) is 0 Å². The van der Waals surface area contributed by atoms with Crippen LogP contribution in [-0.2, 0) is 4.74 Å². The molecule has 0 aromatic carbocycles. The molecule has 0 aliphatic heterocycles. The maximum Gasteiger partial charge on any atom is 0.315 e. The van der Waals surface area contributed by atoms with E-state index in [1.54, 1.807) is 0 Å². The van der Waals surface area contributed by atoms with Gasteiger partial charge in [-0.1, -0.05) is 19.3 Å². The molecule has 0 saturated heterocycles. The Morgan fingerprint density at radius 2 is 1.88 bits per heavy atom. The maximum absolute atomic E-state index is 11.3. The van der Waals surface area contributed by atoms with Gasteiger partial charge in [-0.3, -0.25) is 0 Å². The number of carbonyl (C=O) groups is 1. The van der Waals surface area contributed by atoms with E-state index in [4.69, 9.17) is 4.74 Å². The number of hydrogen-bond acceptors (Lipinski definition) is 2. The fourth-order valence-corrected chi connectivity index (χ4v) is 2.22. The smallest absolute Gasteiger partial charge is 0.315 e.